The van der Waals surface area contributed by atoms with Crippen LogP contribution in [0, 0.1) is 0 Å². The lowest BCUT2D eigenvalue weighted by Gasteiger charge is -2.13. The molecule has 94 valence electrons. The van der Waals surface area contributed by atoms with Crippen LogP contribution in [0.15, 0.2) is 24.3 Å². The standard InChI is InChI=1S/C12H12N2O4/c1-7(13)6-10(15)18-14-11(16)8-4-2-3-5-9(8)12(14)17/h2-5,7H,6,13H2,1H3/t7-/m1/s1. The third kappa shape index (κ3) is 2.10. The van der Waals surface area contributed by atoms with E-state index < -0.39 is 23.8 Å². The number of hydroxylamine groups is 2. The maximum Gasteiger partial charge on any atom is 0.334 e. The summed E-state index contributed by atoms with van der Waals surface area (Å²) in [4.78, 5) is 39.8. The Morgan fingerprint density at radius 1 is 1.28 bits per heavy atom. The van der Waals surface area contributed by atoms with Gasteiger partial charge in [-0.2, -0.15) is 0 Å². The monoisotopic (exact) mass is 248 g/mol. The van der Waals surface area contributed by atoms with Crippen LogP contribution in [0.4, 0.5) is 0 Å². The van der Waals surface area contributed by atoms with Crippen molar-refractivity contribution in [1.82, 2.24) is 5.06 Å². The van der Waals surface area contributed by atoms with Crippen LogP contribution in [0.25, 0.3) is 0 Å². The van der Waals surface area contributed by atoms with E-state index >= 15 is 0 Å². The number of carbonyl (C=O) groups excluding carboxylic acids is 3. The van der Waals surface area contributed by atoms with Gasteiger partial charge in [0.25, 0.3) is 11.8 Å². The Hall–Kier alpha value is -2.21. The fourth-order valence-electron chi connectivity index (χ4n) is 1.65. The van der Waals surface area contributed by atoms with Gasteiger partial charge in [0.1, 0.15) is 0 Å². The summed E-state index contributed by atoms with van der Waals surface area (Å²) >= 11 is 0. The Morgan fingerprint density at radius 3 is 2.22 bits per heavy atom. The molecular weight excluding hydrogens is 236 g/mol. The van der Waals surface area contributed by atoms with Crippen molar-refractivity contribution in [3.05, 3.63) is 35.4 Å². The average Bonchev–Trinajstić information content (AvgIpc) is 2.54. The summed E-state index contributed by atoms with van der Waals surface area (Å²) in [6, 6.07) is 5.89. The maximum absolute atomic E-state index is 11.8. The van der Waals surface area contributed by atoms with Crippen molar-refractivity contribution in [2.45, 2.75) is 19.4 Å². The minimum Gasteiger partial charge on any atom is -0.330 e. The molecule has 1 aliphatic heterocycles. The van der Waals surface area contributed by atoms with E-state index in [4.69, 9.17) is 10.6 Å². The summed E-state index contributed by atoms with van der Waals surface area (Å²) in [6.07, 6.45) is -0.0621. The van der Waals surface area contributed by atoms with Crippen LogP contribution in [0.3, 0.4) is 0 Å². The molecule has 0 spiro atoms. The van der Waals surface area contributed by atoms with Crippen LogP contribution >= 0.6 is 0 Å². The number of imide groups is 1. The number of nitrogens with two attached hydrogens (primary N) is 1. The van der Waals surface area contributed by atoms with Crippen molar-refractivity contribution in [3.8, 4) is 0 Å². The fourth-order valence-corrected chi connectivity index (χ4v) is 1.65. The molecule has 2 N–H and O–H groups in total. The minimum atomic E-state index is -0.709. The van der Waals surface area contributed by atoms with Crippen LogP contribution < -0.4 is 5.73 Å². The van der Waals surface area contributed by atoms with Crippen molar-refractivity contribution in [3.63, 3.8) is 0 Å². The third-order valence-corrected chi connectivity index (χ3v) is 2.44. The zero-order valence-electron chi connectivity index (χ0n) is 9.75. The second-order valence-corrected chi connectivity index (χ2v) is 4.09. The predicted octanol–water partition coefficient (Wildman–Crippen LogP) is 0.478. The van der Waals surface area contributed by atoms with Gasteiger partial charge in [0.2, 0.25) is 0 Å². The van der Waals surface area contributed by atoms with Gasteiger partial charge >= 0.3 is 5.97 Å². The number of fused-ring (bicyclic) bond motifs is 1. The molecule has 0 aromatic heterocycles. The molecule has 1 atom stereocenters. The van der Waals surface area contributed by atoms with E-state index in [1.54, 1.807) is 19.1 Å². The van der Waals surface area contributed by atoms with Crippen LogP contribution in [-0.4, -0.2) is 28.9 Å². The van der Waals surface area contributed by atoms with Crippen molar-refractivity contribution in [2.24, 2.45) is 5.73 Å². The largest absolute Gasteiger partial charge is 0.334 e. The Kier molecular flexibility index (Phi) is 3.12. The Bertz CT molecular complexity index is 490. The Balaban J connectivity index is 2.16. The number of nitrogens with zero attached hydrogens (tertiary/aromatic N) is 1. The molecule has 1 aromatic carbocycles. The van der Waals surface area contributed by atoms with Gasteiger partial charge in [-0.15, -0.1) is 0 Å². The van der Waals surface area contributed by atoms with E-state index in [2.05, 4.69) is 0 Å². The first kappa shape index (κ1) is 12.3. The van der Waals surface area contributed by atoms with Gasteiger partial charge in [-0.1, -0.05) is 17.2 Å². The van der Waals surface area contributed by atoms with E-state index in [0.717, 1.165) is 0 Å². The highest BCUT2D eigenvalue weighted by Crippen LogP contribution is 2.22. The lowest BCUT2D eigenvalue weighted by Crippen LogP contribution is -2.34. The number of hydrogen-bond donors (Lipinski definition) is 1. The molecule has 18 heavy (non-hydrogen) atoms. The average molecular weight is 248 g/mol. The molecule has 0 unspecified atom stereocenters. The molecular formula is C12H12N2O4. The lowest BCUT2D eigenvalue weighted by molar-refractivity contribution is -0.168. The number of benzene rings is 1. The Labute approximate surface area is 103 Å². The molecule has 0 fully saturated rings. The molecule has 1 aromatic rings. The van der Waals surface area contributed by atoms with Gasteiger partial charge in [0.15, 0.2) is 0 Å². The van der Waals surface area contributed by atoms with Gasteiger partial charge in [-0.05, 0) is 19.1 Å². The van der Waals surface area contributed by atoms with E-state index in [9.17, 15) is 14.4 Å². The summed E-state index contributed by atoms with van der Waals surface area (Å²) in [7, 11) is 0. The number of hydrogen-bond acceptors (Lipinski definition) is 5. The van der Waals surface area contributed by atoms with Gasteiger partial charge < -0.3 is 10.6 Å². The smallest absolute Gasteiger partial charge is 0.330 e. The predicted molar refractivity (Wildman–Crippen MR) is 61.3 cm³/mol. The number of carbonyl (C=O) groups is 3. The summed E-state index contributed by atoms with van der Waals surface area (Å²) in [5.41, 5.74) is 5.90. The molecule has 0 aliphatic carbocycles. The molecule has 1 aliphatic rings. The highest BCUT2D eigenvalue weighted by molar-refractivity contribution is 6.20. The van der Waals surface area contributed by atoms with E-state index in [1.165, 1.54) is 12.1 Å². The molecule has 0 radical (unpaired) electrons. The normalized spacial score (nSPS) is 15.6. The van der Waals surface area contributed by atoms with E-state index in [-0.39, 0.29) is 17.5 Å². The molecule has 6 nitrogen and oxygen atoms in total. The molecule has 2 amide bonds. The first-order valence-electron chi connectivity index (χ1n) is 5.45. The first-order chi connectivity index (χ1) is 8.50. The quantitative estimate of drug-likeness (QED) is 0.786. The van der Waals surface area contributed by atoms with Gasteiger partial charge in [-0.25, -0.2) is 4.79 Å². The minimum absolute atomic E-state index is 0.0621. The Morgan fingerprint density at radius 2 is 1.78 bits per heavy atom. The molecule has 0 saturated carbocycles. The zero-order chi connectivity index (χ0) is 13.3. The topological polar surface area (TPSA) is 89.7 Å². The van der Waals surface area contributed by atoms with Crippen molar-refractivity contribution < 1.29 is 19.2 Å². The number of rotatable bonds is 3. The highest BCUT2D eigenvalue weighted by atomic mass is 16.7. The van der Waals surface area contributed by atoms with Crippen LogP contribution in [-0.2, 0) is 9.63 Å². The SMILES string of the molecule is C[C@@H](N)CC(=O)ON1C(=O)c2ccccc2C1=O. The summed E-state index contributed by atoms with van der Waals surface area (Å²) in [5, 5.41) is 0.482. The maximum atomic E-state index is 11.8. The van der Waals surface area contributed by atoms with Crippen molar-refractivity contribution in [2.75, 3.05) is 0 Å². The number of amides is 2. The van der Waals surface area contributed by atoms with E-state index in [1.807, 2.05) is 0 Å². The molecule has 6 heteroatoms. The molecule has 0 saturated heterocycles. The summed E-state index contributed by atoms with van der Waals surface area (Å²) in [6.45, 7) is 1.63. The van der Waals surface area contributed by atoms with Crippen LogP contribution in [0.5, 0.6) is 0 Å². The fraction of sp³-hybridized carbons (Fsp3) is 0.250. The lowest BCUT2D eigenvalue weighted by atomic mass is 10.1. The second kappa shape index (κ2) is 4.58. The van der Waals surface area contributed by atoms with Gasteiger partial charge in [0, 0.05) is 6.04 Å². The first-order valence-corrected chi connectivity index (χ1v) is 5.45. The third-order valence-electron chi connectivity index (χ3n) is 2.44. The molecule has 0 bridgehead atoms. The van der Waals surface area contributed by atoms with Crippen LogP contribution in [0.1, 0.15) is 34.1 Å². The van der Waals surface area contributed by atoms with Crippen LogP contribution in [0.2, 0.25) is 0 Å². The summed E-state index contributed by atoms with van der Waals surface area (Å²) < 4.78 is 0. The molecule has 2 rings (SSSR count). The van der Waals surface area contributed by atoms with Gasteiger partial charge in [0.05, 0.1) is 17.5 Å². The van der Waals surface area contributed by atoms with Crippen molar-refractivity contribution in [1.29, 1.82) is 0 Å². The van der Waals surface area contributed by atoms with Gasteiger partial charge in [-0.3, -0.25) is 9.59 Å². The zero-order valence-corrected chi connectivity index (χ0v) is 9.75. The highest BCUT2D eigenvalue weighted by Gasteiger charge is 2.38. The summed E-state index contributed by atoms with van der Waals surface area (Å²) in [5.74, 6) is -1.97. The van der Waals surface area contributed by atoms with Crippen molar-refractivity contribution >= 4 is 17.8 Å². The second-order valence-electron chi connectivity index (χ2n) is 4.09. The molecule has 1 heterocycles. The van der Waals surface area contributed by atoms with E-state index in [0.29, 0.717) is 5.06 Å².